The zero-order valence-corrected chi connectivity index (χ0v) is 16.8. The van der Waals surface area contributed by atoms with Gasteiger partial charge in [0.05, 0.1) is 12.3 Å². The van der Waals surface area contributed by atoms with Crippen LogP contribution in [0, 0.1) is 5.92 Å². The van der Waals surface area contributed by atoms with Crippen molar-refractivity contribution >= 4 is 22.9 Å². The molecule has 0 saturated heterocycles. The minimum atomic E-state index is 0.102. The highest BCUT2D eigenvalue weighted by Gasteiger charge is 2.23. The molecule has 2 heterocycles. The fraction of sp³-hybridized carbons (Fsp3) is 0.522. The molecule has 1 aliphatic carbocycles. The Morgan fingerprint density at radius 3 is 2.67 bits per heavy atom. The molecule has 0 bridgehead atoms. The van der Waals surface area contributed by atoms with E-state index in [1.165, 1.54) is 37.0 Å². The molecule has 1 aromatic heterocycles. The molecule has 3 nitrogen and oxygen atoms in total. The lowest BCUT2D eigenvalue weighted by Gasteiger charge is -2.22. The molecule has 4 rings (SSSR count). The molecule has 1 saturated carbocycles. The van der Waals surface area contributed by atoms with E-state index < -0.39 is 0 Å². The van der Waals surface area contributed by atoms with Crippen LogP contribution in [0.2, 0.25) is 0 Å². The van der Waals surface area contributed by atoms with Crippen molar-refractivity contribution in [2.24, 2.45) is 5.92 Å². The van der Waals surface area contributed by atoms with Crippen LogP contribution in [0.5, 0.6) is 5.75 Å². The van der Waals surface area contributed by atoms with Gasteiger partial charge in [-0.05, 0) is 67.3 Å². The maximum atomic E-state index is 13.0. The van der Waals surface area contributed by atoms with Gasteiger partial charge in [-0.15, -0.1) is 11.3 Å². The zero-order valence-electron chi connectivity index (χ0n) is 16.0. The molecule has 2 aliphatic rings. The molecule has 27 heavy (non-hydrogen) atoms. The number of benzene rings is 1. The fourth-order valence-corrected chi connectivity index (χ4v) is 5.24. The number of carbonyl (C=O) groups excluding carboxylic acids is 1. The molecule has 4 heteroatoms. The second-order valence-corrected chi connectivity index (χ2v) is 8.81. The van der Waals surface area contributed by atoms with Crippen LogP contribution in [0.4, 0.5) is 5.69 Å². The van der Waals surface area contributed by atoms with Crippen molar-refractivity contribution in [2.75, 3.05) is 18.1 Å². The van der Waals surface area contributed by atoms with Crippen molar-refractivity contribution in [3.8, 4) is 5.75 Å². The Labute approximate surface area is 166 Å². The lowest BCUT2D eigenvalue weighted by Crippen LogP contribution is -2.31. The van der Waals surface area contributed by atoms with Gasteiger partial charge >= 0.3 is 0 Å². The molecule has 0 spiro atoms. The largest absolute Gasteiger partial charge is 0.494 e. The molecule has 144 valence electrons. The van der Waals surface area contributed by atoms with E-state index in [2.05, 4.69) is 11.4 Å². The van der Waals surface area contributed by atoms with E-state index in [0.717, 1.165) is 61.8 Å². The van der Waals surface area contributed by atoms with Crippen LogP contribution in [0.3, 0.4) is 0 Å². The van der Waals surface area contributed by atoms with E-state index in [-0.39, 0.29) is 5.91 Å². The highest BCUT2D eigenvalue weighted by Crippen LogP contribution is 2.32. The van der Waals surface area contributed by atoms with Crippen LogP contribution in [0.15, 0.2) is 35.7 Å². The maximum absolute atomic E-state index is 13.0. The van der Waals surface area contributed by atoms with E-state index in [4.69, 9.17) is 4.74 Å². The number of hydrogen-bond acceptors (Lipinski definition) is 3. The quantitative estimate of drug-likeness (QED) is 0.626. The van der Waals surface area contributed by atoms with Crippen LogP contribution in [-0.2, 0) is 6.42 Å². The van der Waals surface area contributed by atoms with Crippen molar-refractivity contribution in [2.45, 2.75) is 57.8 Å². The van der Waals surface area contributed by atoms with Crippen LogP contribution in [-0.4, -0.2) is 19.1 Å². The minimum absolute atomic E-state index is 0.102. The normalized spacial score (nSPS) is 18.0. The number of hydrogen-bond donors (Lipinski definition) is 0. The van der Waals surface area contributed by atoms with Gasteiger partial charge < -0.3 is 9.64 Å². The number of ether oxygens (including phenoxy) is 1. The van der Waals surface area contributed by atoms with Gasteiger partial charge in [0, 0.05) is 17.0 Å². The Kier molecular flexibility index (Phi) is 6.13. The van der Waals surface area contributed by atoms with Gasteiger partial charge in [0.25, 0.3) is 5.91 Å². The summed E-state index contributed by atoms with van der Waals surface area (Å²) in [5.74, 6) is 1.81. The average Bonchev–Trinajstić information content (AvgIpc) is 3.08. The Morgan fingerprint density at radius 2 is 1.85 bits per heavy atom. The number of thiophene rings is 1. The first-order valence-corrected chi connectivity index (χ1v) is 11.3. The molecule has 1 aliphatic heterocycles. The number of amides is 1. The number of rotatable bonds is 5. The molecule has 1 aromatic carbocycles. The third kappa shape index (κ3) is 4.55. The lowest BCUT2D eigenvalue weighted by molar-refractivity contribution is 0.0987. The number of nitrogens with zero attached hydrogens (tertiary/aromatic N) is 1. The Morgan fingerprint density at radius 1 is 1.04 bits per heavy atom. The Bertz CT molecular complexity index is 746. The fourth-order valence-electron chi connectivity index (χ4n) is 4.32. The van der Waals surface area contributed by atoms with E-state index in [0.29, 0.717) is 0 Å². The van der Waals surface area contributed by atoms with Gasteiger partial charge in [0.1, 0.15) is 5.75 Å². The van der Waals surface area contributed by atoms with Gasteiger partial charge in [-0.3, -0.25) is 4.79 Å². The number of aryl methyl sites for hydroxylation is 1. The summed E-state index contributed by atoms with van der Waals surface area (Å²) in [6.45, 7) is 1.59. The van der Waals surface area contributed by atoms with Crippen molar-refractivity contribution in [1.29, 1.82) is 0 Å². The lowest BCUT2D eigenvalue weighted by atomic mass is 9.87. The minimum Gasteiger partial charge on any atom is -0.494 e. The van der Waals surface area contributed by atoms with Gasteiger partial charge in [-0.1, -0.05) is 32.1 Å². The van der Waals surface area contributed by atoms with Gasteiger partial charge in [0.15, 0.2) is 0 Å². The topological polar surface area (TPSA) is 29.5 Å². The second-order valence-electron chi connectivity index (χ2n) is 7.81. The van der Waals surface area contributed by atoms with Crippen molar-refractivity contribution < 1.29 is 9.53 Å². The van der Waals surface area contributed by atoms with Crippen LogP contribution < -0.4 is 9.64 Å². The van der Waals surface area contributed by atoms with E-state index in [1.54, 1.807) is 11.3 Å². The van der Waals surface area contributed by atoms with E-state index in [9.17, 15) is 4.79 Å². The predicted octanol–water partition coefficient (Wildman–Crippen LogP) is 6.08. The summed E-state index contributed by atoms with van der Waals surface area (Å²) < 4.78 is 5.93. The first-order valence-electron chi connectivity index (χ1n) is 10.4. The van der Waals surface area contributed by atoms with E-state index in [1.807, 2.05) is 29.2 Å². The smallest absolute Gasteiger partial charge is 0.258 e. The summed E-state index contributed by atoms with van der Waals surface area (Å²) in [5, 5.41) is 2.10. The standard InChI is InChI=1S/C23H29NO2S/c25-23(24-15-5-4-8-22-21(24)14-17-27-22)19-9-11-20(12-10-19)26-16-13-18-6-2-1-3-7-18/h9-12,14,17-18H,1-8,13,15-16H2. The predicted molar refractivity (Wildman–Crippen MR) is 112 cm³/mol. The maximum Gasteiger partial charge on any atom is 0.258 e. The summed E-state index contributed by atoms with van der Waals surface area (Å²) in [6, 6.07) is 9.80. The van der Waals surface area contributed by atoms with Gasteiger partial charge in [-0.2, -0.15) is 0 Å². The SMILES string of the molecule is O=C(c1ccc(OCCC2CCCCC2)cc1)N1CCCCc2sccc21. The number of fused-ring (bicyclic) bond motifs is 1. The van der Waals surface area contributed by atoms with Crippen LogP contribution >= 0.6 is 11.3 Å². The molecular weight excluding hydrogens is 354 g/mol. The van der Waals surface area contributed by atoms with E-state index >= 15 is 0 Å². The van der Waals surface area contributed by atoms with Crippen LogP contribution in [0.25, 0.3) is 0 Å². The van der Waals surface area contributed by atoms with Crippen molar-refractivity contribution in [3.05, 3.63) is 46.2 Å². The zero-order chi connectivity index (χ0) is 18.5. The molecule has 0 N–H and O–H groups in total. The molecular formula is C23H29NO2S. The molecule has 1 fully saturated rings. The van der Waals surface area contributed by atoms with Crippen LogP contribution in [0.1, 0.15) is 66.6 Å². The molecule has 2 aromatic rings. The number of carbonyl (C=O) groups is 1. The Balaban J connectivity index is 1.35. The number of anilines is 1. The Hall–Kier alpha value is -1.81. The highest BCUT2D eigenvalue weighted by molar-refractivity contribution is 7.10. The van der Waals surface area contributed by atoms with Gasteiger partial charge in [0.2, 0.25) is 0 Å². The van der Waals surface area contributed by atoms with Crippen molar-refractivity contribution in [1.82, 2.24) is 0 Å². The monoisotopic (exact) mass is 383 g/mol. The first kappa shape index (κ1) is 18.5. The first-order chi connectivity index (χ1) is 13.3. The van der Waals surface area contributed by atoms with Gasteiger partial charge in [-0.25, -0.2) is 0 Å². The second kappa shape index (κ2) is 8.92. The van der Waals surface area contributed by atoms with Crippen molar-refractivity contribution in [3.63, 3.8) is 0 Å². The average molecular weight is 384 g/mol. The summed E-state index contributed by atoms with van der Waals surface area (Å²) in [5.41, 5.74) is 1.85. The summed E-state index contributed by atoms with van der Waals surface area (Å²) in [6.07, 6.45) is 11.3. The summed E-state index contributed by atoms with van der Waals surface area (Å²) >= 11 is 1.76. The molecule has 0 unspecified atom stereocenters. The molecule has 0 atom stereocenters. The summed E-state index contributed by atoms with van der Waals surface area (Å²) in [4.78, 5) is 16.3. The third-order valence-electron chi connectivity index (χ3n) is 5.91. The molecule has 0 radical (unpaired) electrons. The third-order valence-corrected chi connectivity index (χ3v) is 6.88. The summed E-state index contributed by atoms with van der Waals surface area (Å²) in [7, 11) is 0. The highest BCUT2D eigenvalue weighted by atomic mass is 32.1. The molecule has 1 amide bonds.